The van der Waals surface area contributed by atoms with E-state index in [0.29, 0.717) is 33.0 Å². The molecule has 3 aromatic heterocycles. The first-order valence-electron chi connectivity index (χ1n) is 10.4. The SMILES string of the molecule is CC(NC(=O)c1ncnc2c1cnn2C)c1ncc(C(=O)Nc2cccc(CCC(N)=O)c2)s1. The number of rotatable bonds is 8. The van der Waals surface area contributed by atoms with Gasteiger partial charge >= 0.3 is 0 Å². The predicted octanol–water partition coefficient (Wildman–Crippen LogP) is 1.98. The number of thiazole rings is 1. The summed E-state index contributed by atoms with van der Waals surface area (Å²) in [4.78, 5) is 49.4. The van der Waals surface area contributed by atoms with Crippen LogP contribution in [0.5, 0.6) is 0 Å². The lowest BCUT2D eigenvalue weighted by Crippen LogP contribution is -2.27. The van der Waals surface area contributed by atoms with Gasteiger partial charge in [0.2, 0.25) is 5.91 Å². The van der Waals surface area contributed by atoms with Gasteiger partial charge in [0, 0.05) is 19.2 Å². The number of hydrogen-bond donors (Lipinski definition) is 3. The van der Waals surface area contributed by atoms with E-state index in [1.807, 2.05) is 6.07 Å². The Labute approximate surface area is 198 Å². The van der Waals surface area contributed by atoms with Crippen LogP contribution >= 0.6 is 11.3 Å². The lowest BCUT2D eigenvalue weighted by molar-refractivity contribution is -0.118. The first-order chi connectivity index (χ1) is 16.3. The van der Waals surface area contributed by atoms with Crippen LogP contribution in [0, 0.1) is 0 Å². The third-order valence-electron chi connectivity index (χ3n) is 5.05. The van der Waals surface area contributed by atoms with Gasteiger partial charge in [-0.15, -0.1) is 11.3 Å². The molecule has 0 aliphatic carbocycles. The van der Waals surface area contributed by atoms with Gasteiger partial charge in [0.25, 0.3) is 11.8 Å². The van der Waals surface area contributed by atoms with Crippen molar-refractivity contribution >= 4 is 45.8 Å². The zero-order chi connectivity index (χ0) is 24.2. The van der Waals surface area contributed by atoms with E-state index in [-0.39, 0.29) is 29.8 Å². The topological polar surface area (TPSA) is 158 Å². The number of nitrogens with zero attached hydrogens (tertiary/aromatic N) is 5. The number of carbonyl (C=O) groups is 3. The Morgan fingerprint density at radius 2 is 1.97 bits per heavy atom. The van der Waals surface area contributed by atoms with Crippen molar-refractivity contribution < 1.29 is 14.4 Å². The zero-order valence-corrected chi connectivity index (χ0v) is 19.3. The van der Waals surface area contributed by atoms with Gasteiger partial charge in [-0.05, 0) is 31.0 Å². The van der Waals surface area contributed by atoms with Crippen molar-refractivity contribution in [1.29, 1.82) is 0 Å². The molecule has 0 fully saturated rings. The Balaban J connectivity index is 1.41. The molecule has 0 spiro atoms. The van der Waals surface area contributed by atoms with Crippen LogP contribution in [-0.4, -0.2) is 42.5 Å². The number of nitrogens with two attached hydrogens (primary N) is 1. The smallest absolute Gasteiger partial charge is 0.271 e. The molecule has 34 heavy (non-hydrogen) atoms. The second-order valence-electron chi connectivity index (χ2n) is 7.61. The number of aromatic nitrogens is 5. The maximum atomic E-state index is 12.8. The molecule has 4 N–H and O–H groups in total. The van der Waals surface area contributed by atoms with Gasteiger partial charge in [-0.25, -0.2) is 15.0 Å². The van der Waals surface area contributed by atoms with Crippen molar-refractivity contribution in [3.63, 3.8) is 0 Å². The fraction of sp³-hybridized carbons (Fsp3) is 0.227. The number of primary amides is 1. The fourth-order valence-corrected chi connectivity index (χ4v) is 4.14. The van der Waals surface area contributed by atoms with E-state index >= 15 is 0 Å². The molecule has 0 bridgehead atoms. The van der Waals surface area contributed by atoms with E-state index in [0.717, 1.165) is 5.56 Å². The summed E-state index contributed by atoms with van der Waals surface area (Å²) in [5, 5.41) is 10.9. The molecule has 12 heteroatoms. The second kappa shape index (κ2) is 9.75. The molecule has 4 rings (SSSR count). The molecule has 0 saturated carbocycles. The molecule has 0 saturated heterocycles. The third-order valence-corrected chi connectivity index (χ3v) is 6.23. The van der Waals surface area contributed by atoms with Crippen molar-refractivity contribution in [3.05, 3.63) is 64.1 Å². The predicted molar refractivity (Wildman–Crippen MR) is 126 cm³/mol. The van der Waals surface area contributed by atoms with Gasteiger partial charge < -0.3 is 16.4 Å². The summed E-state index contributed by atoms with van der Waals surface area (Å²) < 4.78 is 1.57. The molecule has 11 nitrogen and oxygen atoms in total. The summed E-state index contributed by atoms with van der Waals surface area (Å²) in [7, 11) is 1.74. The minimum Gasteiger partial charge on any atom is -0.370 e. The molecule has 4 aromatic rings. The molecule has 1 aromatic carbocycles. The van der Waals surface area contributed by atoms with E-state index in [2.05, 4.69) is 30.7 Å². The maximum absolute atomic E-state index is 12.8. The number of fused-ring (bicyclic) bond motifs is 1. The van der Waals surface area contributed by atoms with Gasteiger partial charge in [-0.1, -0.05) is 12.1 Å². The van der Waals surface area contributed by atoms with Crippen LogP contribution in [0.1, 0.15) is 50.1 Å². The Morgan fingerprint density at radius 3 is 2.76 bits per heavy atom. The van der Waals surface area contributed by atoms with Gasteiger partial charge in [-0.3, -0.25) is 19.1 Å². The van der Waals surface area contributed by atoms with Crippen LogP contribution in [0.25, 0.3) is 11.0 Å². The molecule has 0 radical (unpaired) electrons. The summed E-state index contributed by atoms with van der Waals surface area (Å²) in [5.74, 6) is -1.08. The van der Waals surface area contributed by atoms with E-state index in [9.17, 15) is 14.4 Å². The summed E-state index contributed by atoms with van der Waals surface area (Å²) >= 11 is 1.18. The summed E-state index contributed by atoms with van der Waals surface area (Å²) in [6.45, 7) is 1.78. The van der Waals surface area contributed by atoms with Crippen LogP contribution < -0.4 is 16.4 Å². The largest absolute Gasteiger partial charge is 0.370 e. The minimum atomic E-state index is -0.446. The average molecular weight is 479 g/mol. The van der Waals surface area contributed by atoms with Crippen molar-refractivity contribution in [2.24, 2.45) is 12.8 Å². The van der Waals surface area contributed by atoms with Gasteiger partial charge in [0.05, 0.1) is 23.8 Å². The number of hydrogen-bond acceptors (Lipinski definition) is 8. The number of benzene rings is 1. The highest BCUT2D eigenvalue weighted by atomic mass is 32.1. The molecular formula is C22H22N8O3S. The minimum absolute atomic E-state index is 0.218. The first kappa shape index (κ1) is 23.0. The molecule has 0 aliphatic heterocycles. The monoisotopic (exact) mass is 478 g/mol. The molecule has 1 unspecified atom stereocenters. The first-order valence-corrected chi connectivity index (χ1v) is 11.2. The van der Waals surface area contributed by atoms with Crippen molar-refractivity contribution in [1.82, 2.24) is 30.0 Å². The highest BCUT2D eigenvalue weighted by Gasteiger charge is 2.20. The number of anilines is 1. The fourth-order valence-electron chi connectivity index (χ4n) is 3.33. The van der Waals surface area contributed by atoms with Crippen LogP contribution in [0.3, 0.4) is 0 Å². The lowest BCUT2D eigenvalue weighted by Gasteiger charge is -2.11. The van der Waals surface area contributed by atoms with Crippen LogP contribution in [0.15, 0.2) is 43.0 Å². The average Bonchev–Trinajstić information content (AvgIpc) is 3.45. The zero-order valence-electron chi connectivity index (χ0n) is 18.5. The Kier molecular flexibility index (Phi) is 6.59. The Bertz CT molecular complexity index is 1380. The molecule has 3 amide bonds. The van der Waals surface area contributed by atoms with E-state index < -0.39 is 6.04 Å². The van der Waals surface area contributed by atoms with Crippen molar-refractivity contribution in [3.8, 4) is 0 Å². The molecular weight excluding hydrogens is 456 g/mol. The maximum Gasteiger partial charge on any atom is 0.271 e. The Morgan fingerprint density at radius 1 is 1.15 bits per heavy atom. The highest BCUT2D eigenvalue weighted by Crippen LogP contribution is 2.22. The molecule has 174 valence electrons. The van der Waals surface area contributed by atoms with Gasteiger partial charge in [0.15, 0.2) is 5.65 Å². The van der Waals surface area contributed by atoms with E-state index in [4.69, 9.17) is 5.73 Å². The van der Waals surface area contributed by atoms with Crippen molar-refractivity contribution in [2.75, 3.05) is 5.32 Å². The van der Waals surface area contributed by atoms with Gasteiger partial charge in [-0.2, -0.15) is 5.10 Å². The lowest BCUT2D eigenvalue weighted by atomic mass is 10.1. The normalized spacial score (nSPS) is 11.8. The summed E-state index contributed by atoms with van der Waals surface area (Å²) in [6, 6.07) is 6.78. The Hall–Kier alpha value is -4.19. The number of aryl methyl sites for hydroxylation is 2. The third kappa shape index (κ3) is 5.07. The second-order valence-corrected chi connectivity index (χ2v) is 8.67. The van der Waals surface area contributed by atoms with E-state index in [1.165, 1.54) is 23.9 Å². The van der Waals surface area contributed by atoms with Crippen molar-refractivity contribution in [2.45, 2.75) is 25.8 Å². The van der Waals surface area contributed by atoms with E-state index in [1.54, 1.807) is 43.0 Å². The number of carbonyl (C=O) groups excluding carboxylic acids is 3. The summed E-state index contributed by atoms with van der Waals surface area (Å²) in [5.41, 5.74) is 7.47. The molecule has 1 atom stereocenters. The van der Waals surface area contributed by atoms with Crippen LogP contribution in [-0.2, 0) is 18.3 Å². The number of nitrogens with one attached hydrogen (secondary N) is 2. The standard InChI is InChI=1S/C22H22N8O3S/c1-12(28-21(33)18-15-9-27-30(2)19(15)26-11-25-18)22-24-10-16(34-22)20(32)29-14-5-3-4-13(8-14)6-7-17(23)31/h3-5,8-12H,6-7H2,1-2H3,(H2,23,31)(H,28,33)(H,29,32). The summed E-state index contributed by atoms with van der Waals surface area (Å²) in [6.07, 6.45) is 5.07. The molecule has 0 aliphatic rings. The van der Waals surface area contributed by atoms with Crippen LogP contribution in [0.2, 0.25) is 0 Å². The van der Waals surface area contributed by atoms with Gasteiger partial charge in [0.1, 0.15) is 21.9 Å². The quantitative estimate of drug-likeness (QED) is 0.349. The number of amides is 3. The molecule has 3 heterocycles. The van der Waals surface area contributed by atoms with Crippen LogP contribution in [0.4, 0.5) is 5.69 Å². The highest BCUT2D eigenvalue weighted by molar-refractivity contribution is 7.13.